The van der Waals surface area contributed by atoms with Crippen LogP contribution in [0.4, 0.5) is 0 Å². The van der Waals surface area contributed by atoms with Gasteiger partial charge in [-0.3, -0.25) is 14.4 Å². The zero-order valence-electron chi connectivity index (χ0n) is 11.6. The Morgan fingerprint density at radius 3 is 2.35 bits per heavy atom. The van der Waals surface area contributed by atoms with Crippen LogP contribution in [-0.2, 0) is 23.9 Å². The van der Waals surface area contributed by atoms with Crippen molar-refractivity contribution in [3.05, 3.63) is 12.2 Å². The van der Waals surface area contributed by atoms with Crippen LogP contribution in [0, 0.1) is 35.5 Å². The van der Waals surface area contributed by atoms with E-state index < -0.39 is 17.9 Å². The molecular formula is C15H18O5. The van der Waals surface area contributed by atoms with Crippen molar-refractivity contribution >= 4 is 17.7 Å². The van der Waals surface area contributed by atoms with Gasteiger partial charge in [-0.15, -0.1) is 0 Å². The normalized spacial score (nSPS) is 37.4. The molecule has 3 rings (SSSR count). The van der Waals surface area contributed by atoms with Crippen LogP contribution in [0.15, 0.2) is 12.2 Å². The first-order valence-corrected chi connectivity index (χ1v) is 6.95. The van der Waals surface area contributed by atoms with Crippen LogP contribution in [0.2, 0.25) is 0 Å². The maximum Gasteiger partial charge on any atom is 0.320 e. The minimum absolute atomic E-state index is 0.0215. The smallest absolute Gasteiger partial charge is 0.320 e. The monoisotopic (exact) mass is 278 g/mol. The van der Waals surface area contributed by atoms with Crippen LogP contribution in [0.5, 0.6) is 0 Å². The van der Waals surface area contributed by atoms with Crippen molar-refractivity contribution in [1.29, 1.82) is 0 Å². The molecular weight excluding hydrogens is 260 g/mol. The Kier molecular flexibility index (Phi) is 3.15. The molecule has 0 unspecified atom stereocenters. The molecule has 0 aliphatic heterocycles. The van der Waals surface area contributed by atoms with Gasteiger partial charge in [0.1, 0.15) is 5.78 Å². The van der Waals surface area contributed by atoms with Crippen molar-refractivity contribution in [2.45, 2.75) is 12.8 Å². The number of fused-ring (bicyclic) bond motifs is 5. The molecule has 2 saturated carbocycles. The van der Waals surface area contributed by atoms with Gasteiger partial charge in [-0.1, -0.05) is 12.2 Å². The first-order valence-electron chi connectivity index (χ1n) is 6.95. The Labute approximate surface area is 117 Å². The molecule has 108 valence electrons. The number of ether oxygens (including phenoxy) is 2. The second-order valence-electron chi connectivity index (χ2n) is 5.91. The highest BCUT2D eigenvalue weighted by Gasteiger charge is 2.59. The highest BCUT2D eigenvalue weighted by molar-refractivity contribution is 5.97. The molecule has 0 radical (unpaired) electrons. The molecule has 3 aliphatic rings. The summed E-state index contributed by atoms with van der Waals surface area (Å²) < 4.78 is 9.48. The highest BCUT2D eigenvalue weighted by Crippen LogP contribution is 2.58. The molecule has 20 heavy (non-hydrogen) atoms. The van der Waals surface area contributed by atoms with Crippen LogP contribution in [0.3, 0.4) is 0 Å². The molecule has 0 spiro atoms. The standard InChI is InChI=1S/C15H18O5/c1-19-14(17)13(15(18)20-2)9-6-10(16)12-8-4-3-7(5-8)11(9)12/h3-4,7-9,11-13H,5-6H2,1-2H3/t7-,8+,9+,11-,12+/m0/s1. The second kappa shape index (κ2) is 4.72. The molecule has 0 aromatic heterocycles. The SMILES string of the molecule is COC(=O)C(C(=O)OC)[C@@H]1CC(=O)[C@@H]2[C@H]1[C@H]1C=C[C@@H]2C1. The topological polar surface area (TPSA) is 69.7 Å². The fourth-order valence-corrected chi connectivity index (χ4v) is 4.44. The molecule has 0 heterocycles. The van der Waals surface area contributed by atoms with Crippen molar-refractivity contribution in [3.8, 4) is 0 Å². The zero-order valence-corrected chi connectivity index (χ0v) is 11.6. The lowest BCUT2D eigenvalue weighted by molar-refractivity contribution is -0.162. The third-order valence-electron chi connectivity index (χ3n) is 5.16. The van der Waals surface area contributed by atoms with E-state index in [0.717, 1.165) is 6.42 Å². The average Bonchev–Trinajstić information content (AvgIpc) is 3.12. The van der Waals surface area contributed by atoms with Crippen LogP contribution in [-0.4, -0.2) is 31.9 Å². The molecule has 0 aromatic carbocycles. The lowest BCUT2D eigenvalue weighted by Crippen LogP contribution is -2.37. The largest absolute Gasteiger partial charge is 0.468 e. The van der Waals surface area contributed by atoms with Gasteiger partial charge >= 0.3 is 11.9 Å². The van der Waals surface area contributed by atoms with E-state index in [4.69, 9.17) is 9.47 Å². The molecule has 5 heteroatoms. The average molecular weight is 278 g/mol. The summed E-state index contributed by atoms with van der Waals surface area (Å²) in [5.74, 6) is -1.62. The van der Waals surface area contributed by atoms with E-state index >= 15 is 0 Å². The fourth-order valence-electron chi connectivity index (χ4n) is 4.44. The molecule has 2 fully saturated rings. The van der Waals surface area contributed by atoms with Crippen LogP contribution in [0.25, 0.3) is 0 Å². The maximum absolute atomic E-state index is 12.2. The molecule has 3 aliphatic carbocycles. The molecule has 5 atom stereocenters. The molecule has 2 bridgehead atoms. The van der Waals surface area contributed by atoms with E-state index in [1.165, 1.54) is 14.2 Å². The van der Waals surface area contributed by atoms with Crippen LogP contribution < -0.4 is 0 Å². The highest BCUT2D eigenvalue weighted by atomic mass is 16.5. The first kappa shape index (κ1) is 13.3. The number of methoxy groups -OCH3 is 2. The zero-order chi connectivity index (χ0) is 14.4. The predicted octanol–water partition coefficient (Wildman–Crippen LogP) is 0.976. The van der Waals surface area contributed by atoms with E-state index in [0.29, 0.717) is 11.8 Å². The number of carbonyl (C=O) groups is 3. The minimum Gasteiger partial charge on any atom is -0.468 e. The summed E-state index contributed by atoms with van der Waals surface area (Å²) >= 11 is 0. The Balaban J connectivity index is 1.92. The molecule has 0 amide bonds. The van der Waals surface area contributed by atoms with Gasteiger partial charge in [0.05, 0.1) is 14.2 Å². The summed E-state index contributed by atoms with van der Waals surface area (Å²) in [5, 5.41) is 0. The Morgan fingerprint density at radius 1 is 1.15 bits per heavy atom. The Hall–Kier alpha value is -1.65. The lowest BCUT2D eigenvalue weighted by Gasteiger charge is -2.28. The molecule has 0 aromatic rings. The van der Waals surface area contributed by atoms with Crippen LogP contribution in [0.1, 0.15) is 12.8 Å². The van der Waals surface area contributed by atoms with E-state index in [2.05, 4.69) is 12.2 Å². The van der Waals surface area contributed by atoms with E-state index in [9.17, 15) is 14.4 Å². The minimum atomic E-state index is -0.975. The van der Waals surface area contributed by atoms with Gasteiger partial charge in [0.15, 0.2) is 5.92 Å². The van der Waals surface area contributed by atoms with Gasteiger partial charge < -0.3 is 9.47 Å². The van der Waals surface area contributed by atoms with E-state index in [-0.39, 0.29) is 30.0 Å². The number of allylic oxidation sites excluding steroid dienone is 2. The Bertz CT molecular complexity index is 478. The summed E-state index contributed by atoms with van der Waals surface area (Å²) in [6.45, 7) is 0. The second-order valence-corrected chi connectivity index (χ2v) is 5.91. The quantitative estimate of drug-likeness (QED) is 0.437. The number of ketones is 1. The number of carbonyl (C=O) groups excluding carboxylic acids is 3. The molecule has 5 nitrogen and oxygen atoms in total. The summed E-state index contributed by atoms with van der Waals surface area (Å²) in [6.07, 6.45) is 5.48. The Morgan fingerprint density at radius 2 is 1.75 bits per heavy atom. The molecule has 0 saturated heterocycles. The number of Topliss-reactive ketones (excluding diaryl/α,β-unsaturated/α-hetero) is 1. The number of hydrogen-bond acceptors (Lipinski definition) is 5. The van der Waals surface area contributed by atoms with Gasteiger partial charge in [0.2, 0.25) is 0 Å². The predicted molar refractivity (Wildman–Crippen MR) is 68.4 cm³/mol. The van der Waals surface area contributed by atoms with E-state index in [1.54, 1.807) is 0 Å². The summed E-state index contributed by atoms with van der Waals surface area (Å²) in [6, 6.07) is 0. The van der Waals surface area contributed by atoms with Crippen molar-refractivity contribution in [1.82, 2.24) is 0 Å². The summed E-state index contributed by atoms with van der Waals surface area (Å²) in [7, 11) is 2.51. The van der Waals surface area contributed by atoms with Gasteiger partial charge in [-0.2, -0.15) is 0 Å². The summed E-state index contributed by atoms with van der Waals surface area (Å²) in [5.41, 5.74) is 0. The third kappa shape index (κ3) is 1.72. The number of hydrogen-bond donors (Lipinski definition) is 0. The van der Waals surface area contributed by atoms with Crippen LogP contribution >= 0.6 is 0 Å². The van der Waals surface area contributed by atoms with Crippen molar-refractivity contribution in [2.75, 3.05) is 14.2 Å². The van der Waals surface area contributed by atoms with Crippen molar-refractivity contribution in [3.63, 3.8) is 0 Å². The van der Waals surface area contributed by atoms with Gasteiger partial charge in [0, 0.05) is 12.3 Å². The summed E-state index contributed by atoms with van der Waals surface area (Å²) in [4.78, 5) is 36.1. The van der Waals surface area contributed by atoms with Crippen molar-refractivity contribution < 1.29 is 23.9 Å². The first-order chi connectivity index (χ1) is 9.58. The number of rotatable bonds is 3. The fraction of sp³-hybridized carbons (Fsp3) is 0.667. The van der Waals surface area contributed by atoms with Gasteiger partial charge in [-0.05, 0) is 30.1 Å². The molecule has 0 N–H and O–H groups in total. The number of esters is 2. The van der Waals surface area contributed by atoms with E-state index in [1.807, 2.05) is 0 Å². The van der Waals surface area contributed by atoms with Gasteiger partial charge in [0.25, 0.3) is 0 Å². The third-order valence-corrected chi connectivity index (χ3v) is 5.16. The maximum atomic E-state index is 12.2. The van der Waals surface area contributed by atoms with Crippen molar-refractivity contribution in [2.24, 2.45) is 35.5 Å². The van der Waals surface area contributed by atoms with Gasteiger partial charge in [-0.25, -0.2) is 0 Å². The lowest BCUT2D eigenvalue weighted by atomic mass is 9.75.